The van der Waals surface area contributed by atoms with Gasteiger partial charge in [0.2, 0.25) is 5.91 Å². The monoisotopic (exact) mass is 329 g/mol. The third-order valence-electron chi connectivity index (χ3n) is 6.85. The molecule has 132 valence electrons. The van der Waals surface area contributed by atoms with Crippen LogP contribution in [-0.4, -0.2) is 27.6 Å². The second-order valence-electron chi connectivity index (χ2n) is 9.73. The maximum absolute atomic E-state index is 13.5. The predicted molar refractivity (Wildman–Crippen MR) is 94.2 cm³/mol. The number of hydrogen-bond acceptors (Lipinski definition) is 2. The first kappa shape index (κ1) is 16.2. The van der Waals surface area contributed by atoms with Crippen LogP contribution >= 0.6 is 0 Å². The molecule has 4 aliphatic rings. The minimum atomic E-state index is -0.106. The normalized spacial score (nSPS) is 40.1. The Morgan fingerprint density at radius 3 is 2.46 bits per heavy atom. The summed E-state index contributed by atoms with van der Waals surface area (Å²) in [7, 11) is 1.97. The van der Waals surface area contributed by atoms with Gasteiger partial charge in [0, 0.05) is 19.8 Å². The number of aromatic nitrogens is 2. The first-order chi connectivity index (χ1) is 11.2. The lowest BCUT2D eigenvalue weighted by molar-refractivity contribution is -0.178. The Bertz CT molecular complexity index is 646. The zero-order chi connectivity index (χ0) is 17.2. The average molecular weight is 329 g/mol. The lowest BCUT2D eigenvalue weighted by Crippen LogP contribution is -2.59. The summed E-state index contributed by atoms with van der Waals surface area (Å²) in [6.45, 7) is 8.45. The van der Waals surface area contributed by atoms with Crippen LogP contribution in [0.25, 0.3) is 0 Å². The average Bonchev–Trinajstić information content (AvgIpc) is 2.90. The van der Waals surface area contributed by atoms with Crippen molar-refractivity contribution in [3.05, 3.63) is 18.0 Å². The summed E-state index contributed by atoms with van der Waals surface area (Å²) in [6, 6.07) is 2.04. The van der Waals surface area contributed by atoms with Crippen LogP contribution in [0.4, 0.5) is 0 Å². The van der Waals surface area contributed by atoms with Crippen molar-refractivity contribution >= 4 is 5.91 Å². The number of carbonyl (C=O) groups is 1. The summed E-state index contributed by atoms with van der Waals surface area (Å²) in [6.07, 6.45) is 9.29. The van der Waals surface area contributed by atoms with Crippen LogP contribution in [0.3, 0.4) is 0 Å². The van der Waals surface area contributed by atoms with Gasteiger partial charge in [0.15, 0.2) is 0 Å². The van der Waals surface area contributed by atoms with E-state index in [0.717, 1.165) is 37.4 Å². The van der Waals surface area contributed by atoms with Gasteiger partial charge in [0.1, 0.15) is 0 Å². The van der Waals surface area contributed by atoms with Crippen LogP contribution in [0.2, 0.25) is 0 Å². The number of nitrogens with zero attached hydrogens (tertiary/aromatic N) is 3. The van der Waals surface area contributed by atoms with Gasteiger partial charge >= 0.3 is 0 Å². The molecule has 1 amide bonds. The van der Waals surface area contributed by atoms with E-state index in [2.05, 4.69) is 25.9 Å². The molecule has 24 heavy (non-hydrogen) atoms. The summed E-state index contributed by atoms with van der Waals surface area (Å²) < 4.78 is 1.93. The minimum Gasteiger partial charge on any atom is -0.339 e. The van der Waals surface area contributed by atoms with E-state index >= 15 is 0 Å². The quantitative estimate of drug-likeness (QED) is 0.841. The number of amides is 1. The van der Waals surface area contributed by atoms with E-state index in [1.54, 1.807) is 0 Å². The molecule has 4 nitrogen and oxygen atoms in total. The van der Waals surface area contributed by atoms with Crippen molar-refractivity contribution in [1.82, 2.24) is 14.7 Å². The molecule has 0 N–H and O–H groups in total. The van der Waals surface area contributed by atoms with E-state index in [1.165, 1.54) is 19.3 Å². The highest BCUT2D eigenvalue weighted by Gasteiger charge is 2.63. The maximum Gasteiger partial charge on any atom is 0.228 e. The van der Waals surface area contributed by atoms with Gasteiger partial charge in [-0.05, 0) is 68.3 Å². The first-order valence-electron chi connectivity index (χ1n) is 9.53. The Balaban J connectivity index is 1.55. The van der Waals surface area contributed by atoms with Crippen molar-refractivity contribution in [1.29, 1.82) is 0 Å². The molecule has 4 heteroatoms. The SMILES string of the molecule is CCn1ccc(CN(C)C(=O)C23CC4C[C@@](C)(C2)C[C@@](C)(C4)C3)n1. The van der Waals surface area contributed by atoms with Crippen molar-refractivity contribution in [2.24, 2.45) is 22.2 Å². The zero-order valence-corrected chi connectivity index (χ0v) is 15.6. The molecule has 0 saturated heterocycles. The van der Waals surface area contributed by atoms with Gasteiger partial charge in [-0.25, -0.2) is 0 Å². The van der Waals surface area contributed by atoms with E-state index in [0.29, 0.717) is 23.3 Å². The van der Waals surface area contributed by atoms with Crippen molar-refractivity contribution < 1.29 is 4.79 Å². The lowest BCUT2D eigenvalue weighted by Gasteiger charge is -2.65. The third kappa shape index (κ3) is 2.49. The molecule has 1 aromatic rings. The zero-order valence-electron chi connectivity index (χ0n) is 15.6. The highest BCUT2D eigenvalue weighted by Crippen LogP contribution is 2.69. The summed E-state index contributed by atoms with van der Waals surface area (Å²) in [5, 5.41) is 4.55. The fraction of sp³-hybridized carbons (Fsp3) is 0.800. The second kappa shape index (κ2) is 5.09. The van der Waals surface area contributed by atoms with Crippen LogP contribution in [0.15, 0.2) is 12.3 Å². The van der Waals surface area contributed by atoms with Gasteiger partial charge < -0.3 is 4.90 Å². The van der Waals surface area contributed by atoms with Crippen molar-refractivity contribution in [3.8, 4) is 0 Å². The Morgan fingerprint density at radius 1 is 1.25 bits per heavy atom. The summed E-state index contributed by atoms with van der Waals surface area (Å²) in [5.74, 6) is 1.13. The Hall–Kier alpha value is -1.32. The van der Waals surface area contributed by atoms with Gasteiger partial charge in [-0.2, -0.15) is 5.10 Å². The van der Waals surface area contributed by atoms with Crippen LogP contribution in [0, 0.1) is 22.2 Å². The molecular formula is C20H31N3O. The van der Waals surface area contributed by atoms with Crippen molar-refractivity contribution in [2.45, 2.75) is 72.4 Å². The molecule has 0 aliphatic heterocycles. The summed E-state index contributed by atoms with van der Waals surface area (Å²) in [5.41, 5.74) is 1.66. The molecule has 5 rings (SSSR count). The fourth-order valence-electron chi connectivity index (χ4n) is 7.07. The van der Waals surface area contributed by atoms with E-state index in [4.69, 9.17) is 0 Å². The predicted octanol–water partition coefficient (Wildman–Crippen LogP) is 3.86. The number of carbonyl (C=O) groups excluding carboxylic acids is 1. The smallest absolute Gasteiger partial charge is 0.228 e. The van der Waals surface area contributed by atoms with E-state index < -0.39 is 0 Å². The van der Waals surface area contributed by atoms with Crippen LogP contribution in [0.1, 0.15) is 65.0 Å². The highest BCUT2D eigenvalue weighted by atomic mass is 16.2. The van der Waals surface area contributed by atoms with E-state index in [1.807, 2.05) is 28.9 Å². The molecule has 0 unspecified atom stereocenters. The van der Waals surface area contributed by atoms with Gasteiger partial charge in [0.05, 0.1) is 17.7 Å². The molecule has 4 saturated carbocycles. The fourth-order valence-corrected chi connectivity index (χ4v) is 7.07. The molecule has 0 spiro atoms. The number of aryl methyl sites for hydroxylation is 1. The molecule has 1 heterocycles. The minimum absolute atomic E-state index is 0.106. The highest BCUT2D eigenvalue weighted by molar-refractivity contribution is 5.83. The standard InChI is InChI=1S/C20H31N3O/c1-5-23-7-6-16(21-23)11-22(4)17(24)20-10-15-8-18(2,13-20)12-19(3,9-15)14-20/h6-7,15H,5,8-14H2,1-4H3/t15?,18-,19-,20?/m1/s1. The van der Waals surface area contributed by atoms with Gasteiger partial charge in [-0.3, -0.25) is 9.48 Å². The van der Waals surface area contributed by atoms with Gasteiger partial charge in [-0.1, -0.05) is 13.8 Å². The maximum atomic E-state index is 13.5. The van der Waals surface area contributed by atoms with Gasteiger partial charge in [-0.15, -0.1) is 0 Å². The molecular weight excluding hydrogens is 298 g/mol. The molecule has 2 atom stereocenters. The Morgan fingerprint density at radius 2 is 1.92 bits per heavy atom. The van der Waals surface area contributed by atoms with E-state index in [9.17, 15) is 4.79 Å². The van der Waals surface area contributed by atoms with Crippen molar-refractivity contribution in [3.63, 3.8) is 0 Å². The van der Waals surface area contributed by atoms with Crippen LogP contribution in [-0.2, 0) is 17.9 Å². The van der Waals surface area contributed by atoms with E-state index in [-0.39, 0.29) is 5.41 Å². The molecule has 4 bridgehead atoms. The Labute approximate surface area is 145 Å². The lowest BCUT2D eigenvalue weighted by atomic mass is 9.40. The Kier molecular flexibility index (Phi) is 3.43. The topological polar surface area (TPSA) is 38.1 Å². The van der Waals surface area contributed by atoms with Gasteiger partial charge in [0.25, 0.3) is 0 Å². The van der Waals surface area contributed by atoms with Crippen LogP contribution < -0.4 is 0 Å². The molecule has 4 aliphatic carbocycles. The number of hydrogen-bond donors (Lipinski definition) is 0. The third-order valence-corrected chi connectivity index (χ3v) is 6.85. The van der Waals surface area contributed by atoms with Crippen LogP contribution in [0.5, 0.6) is 0 Å². The molecule has 4 fully saturated rings. The molecule has 0 radical (unpaired) electrons. The number of rotatable bonds is 4. The summed E-state index contributed by atoms with van der Waals surface area (Å²) >= 11 is 0. The first-order valence-corrected chi connectivity index (χ1v) is 9.53. The largest absolute Gasteiger partial charge is 0.339 e. The second-order valence-corrected chi connectivity index (χ2v) is 9.73. The molecule has 1 aromatic heterocycles. The molecule has 0 aromatic carbocycles. The summed E-state index contributed by atoms with van der Waals surface area (Å²) in [4.78, 5) is 15.4. The van der Waals surface area contributed by atoms with Crippen molar-refractivity contribution in [2.75, 3.05) is 7.05 Å².